The van der Waals surface area contributed by atoms with Crippen LogP contribution in [0.15, 0.2) is 10.7 Å². The van der Waals surface area contributed by atoms with Crippen molar-refractivity contribution >= 4 is 35.2 Å². The van der Waals surface area contributed by atoms with Gasteiger partial charge in [-0.05, 0) is 75.0 Å². The summed E-state index contributed by atoms with van der Waals surface area (Å²) in [6.45, 7) is 28.2. The monoisotopic (exact) mass is 787 g/mol. The lowest BCUT2D eigenvalue weighted by Gasteiger charge is -2.46. The number of hydrogen-bond donors (Lipinski definition) is 1. The third kappa shape index (κ3) is 13.5. The zero-order valence-electron chi connectivity index (χ0n) is 36.7. The van der Waals surface area contributed by atoms with Crippen molar-refractivity contribution in [3.05, 3.63) is 12.2 Å². The minimum Gasteiger partial charge on any atom is -0.444 e. The van der Waals surface area contributed by atoms with E-state index < -0.39 is 36.1 Å². The molecule has 4 atom stereocenters. The van der Waals surface area contributed by atoms with Gasteiger partial charge < -0.3 is 28.2 Å². The first-order chi connectivity index (χ1) is 24.7. The Labute approximate surface area is 324 Å². The molecule has 0 saturated heterocycles. The lowest BCUT2D eigenvalue weighted by Crippen LogP contribution is -2.62. The minimum atomic E-state index is -2.30. The average molecular weight is 787 g/mol. The molecule has 0 aromatic carbocycles. The van der Waals surface area contributed by atoms with E-state index in [1.807, 2.05) is 6.26 Å². The topological polar surface area (TPSA) is 86.1 Å². The zero-order chi connectivity index (χ0) is 39.5. The van der Waals surface area contributed by atoms with E-state index in [0.717, 1.165) is 36.5 Å². The molecule has 0 radical (unpaired) electrons. The Bertz CT molecular complexity index is 1070. The Morgan fingerprint density at radius 2 is 1.31 bits per heavy atom. The fourth-order valence-electron chi connectivity index (χ4n) is 8.00. The van der Waals surface area contributed by atoms with Gasteiger partial charge >= 0.3 is 0 Å². The summed E-state index contributed by atoms with van der Waals surface area (Å²) in [5.41, 5.74) is 2.01. The summed E-state index contributed by atoms with van der Waals surface area (Å²) < 4.78 is 26.8. The van der Waals surface area contributed by atoms with Crippen LogP contribution in [0.1, 0.15) is 140 Å². The van der Waals surface area contributed by atoms with E-state index in [-0.39, 0.29) is 17.9 Å². The number of carbonyl (C=O) groups excluding carboxylic acids is 1. The van der Waals surface area contributed by atoms with Crippen molar-refractivity contribution in [3.8, 4) is 0 Å². The van der Waals surface area contributed by atoms with E-state index in [1.165, 1.54) is 62.4 Å². The molecule has 1 aromatic heterocycles. The van der Waals surface area contributed by atoms with Gasteiger partial charge in [-0.15, -0.1) is 0 Å². The molecule has 11 heteroatoms. The summed E-state index contributed by atoms with van der Waals surface area (Å²) in [5, 5.41) is 3.35. The summed E-state index contributed by atoms with van der Waals surface area (Å²) in [4.78, 5) is 22.1. The summed E-state index contributed by atoms with van der Waals surface area (Å²) in [6, 6.07) is 3.74. The van der Waals surface area contributed by atoms with Gasteiger partial charge in [0.25, 0.3) is 5.91 Å². The zero-order valence-corrected chi connectivity index (χ0v) is 39.6. The molecular formula is C41H85N3O5PSi2+. The van der Waals surface area contributed by atoms with Gasteiger partial charge in [-0.1, -0.05) is 102 Å². The number of likely N-dealkylation sites (N-methyl/N-ethyl adjacent to an activating group) is 1. The first kappa shape index (κ1) is 49.4. The molecule has 1 heterocycles. The van der Waals surface area contributed by atoms with Crippen molar-refractivity contribution in [1.82, 2.24) is 15.2 Å². The number of carbonyl (C=O) groups is 1. The third-order valence-electron chi connectivity index (χ3n) is 12.3. The molecule has 0 fully saturated rings. The number of ether oxygens (including phenoxy) is 1. The number of amides is 1. The number of unbranched alkanes of at least 4 members (excludes halogenated alkanes) is 3. The van der Waals surface area contributed by atoms with Crippen molar-refractivity contribution in [3.63, 3.8) is 0 Å². The normalized spacial score (nSPS) is 15.4. The van der Waals surface area contributed by atoms with Gasteiger partial charge in [-0.3, -0.25) is 4.79 Å². The van der Waals surface area contributed by atoms with Crippen LogP contribution in [0.2, 0.25) is 35.3 Å². The maximum atomic E-state index is 14.7. The Morgan fingerprint density at radius 1 is 0.827 bits per heavy atom. The van der Waals surface area contributed by atoms with Crippen LogP contribution in [0.5, 0.6) is 0 Å². The maximum absolute atomic E-state index is 14.7. The second-order valence-corrected chi connectivity index (χ2v) is 30.3. The predicted octanol–water partition coefficient (Wildman–Crippen LogP) is 10.5. The van der Waals surface area contributed by atoms with Gasteiger partial charge in [-0.2, -0.15) is 4.98 Å². The van der Waals surface area contributed by atoms with Crippen LogP contribution in [-0.4, -0.2) is 104 Å². The molecule has 306 valence electrons. The second-order valence-electron chi connectivity index (χ2n) is 16.4. The number of oxazole rings is 1. The Balaban J connectivity index is 3.51. The van der Waals surface area contributed by atoms with E-state index >= 15 is 0 Å². The molecular weight excluding hydrogens is 702 g/mol. The molecule has 1 N–H and O–H groups in total. The first-order valence-electron chi connectivity index (χ1n) is 21.3. The lowest BCUT2D eigenvalue weighted by atomic mass is 10.0. The highest BCUT2D eigenvalue weighted by Gasteiger charge is 2.49. The van der Waals surface area contributed by atoms with E-state index in [9.17, 15) is 4.79 Å². The molecule has 1 rings (SSSR count). The largest absolute Gasteiger partial charge is 0.444 e. The quantitative estimate of drug-likeness (QED) is 0.0614. The van der Waals surface area contributed by atoms with Crippen LogP contribution < -0.4 is 10.8 Å². The van der Waals surface area contributed by atoms with E-state index in [0.29, 0.717) is 24.2 Å². The molecule has 0 saturated carbocycles. The number of methoxy groups -OCH3 is 1. The molecule has 52 heavy (non-hydrogen) atoms. The molecule has 0 aliphatic carbocycles. The summed E-state index contributed by atoms with van der Waals surface area (Å²) in [5.74, 6) is 0.822. The Hall–Kier alpha value is -0.616. The summed E-state index contributed by atoms with van der Waals surface area (Å²) >= 11 is 0. The first-order valence-corrected chi connectivity index (χ1v) is 28.4. The second kappa shape index (κ2) is 24.8. The smallest absolute Gasteiger partial charge is 0.250 e. The fourth-order valence-corrected chi connectivity index (χ4v) is 19.8. The molecule has 0 bridgehead atoms. The van der Waals surface area contributed by atoms with Gasteiger partial charge in [0.15, 0.2) is 29.0 Å². The SMILES string of the molecule is CCCC[P+](CCCC)(CCCC)c1coc([C@H](C)CCNC(=O)[C@H](O[Si](CC)(CC)C(C)C)[C@H](O[Si](CC)(CC)C(C)C)[C@@H](COC)N(C)C)n1. The van der Waals surface area contributed by atoms with Gasteiger partial charge in [-0.25, -0.2) is 0 Å². The fraction of sp³-hybridized carbons (Fsp3) is 0.902. The number of hydrogen-bond acceptors (Lipinski definition) is 7. The van der Waals surface area contributed by atoms with Crippen molar-refractivity contribution < 1.29 is 22.8 Å². The van der Waals surface area contributed by atoms with Crippen LogP contribution in [0.25, 0.3) is 0 Å². The van der Waals surface area contributed by atoms with Crippen molar-refractivity contribution in [2.24, 2.45) is 0 Å². The predicted molar refractivity (Wildman–Crippen MR) is 231 cm³/mol. The molecule has 1 amide bonds. The third-order valence-corrected chi connectivity index (χ3v) is 27.4. The van der Waals surface area contributed by atoms with Crippen molar-refractivity contribution in [2.75, 3.05) is 52.8 Å². The van der Waals surface area contributed by atoms with Crippen molar-refractivity contribution in [1.29, 1.82) is 0 Å². The van der Waals surface area contributed by atoms with Crippen molar-refractivity contribution in [2.45, 2.75) is 187 Å². The van der Waals surface area contributed by atoms with E-state index in [4.69, 9.17) is 23.0 Å². The average Bonchev–Trinajstić information content (AvgIpc) is 3.63. The van der Waals surface area contributed by atoms with Crippen LogP contribution in [-0.2, 0) is 18.4 Å². The van der Waals surface area contributed by atoms with Gasteiger partial charge in [0.1, 0.15) is 0 Å². The molecule has 0 unspecified atom stereocenters. The number of aromatic nitrogens is 1. The van der Waals surface area contributed by atoms with Gasteiger partial charge in [0.05, 0.1) is 44.5 Å². The van der Waals surface area contributed by atoms with E-state index in [1.54, 1.807) is 7.11 Å². The lowest BCUT2D eigenvalue weighted by molar-refractivity contribution is -0.136. The molecule has 1 aromatic rings. The Morgan fingerprint density at radius 3 is 1.71 bits per heavy atom. The number of nitrogens with one attached hydrogen (secondary N) is 1. The molecule has 0 spiro atoms. The summed E-state index contributed by atoms with van der Waals surface area (Å²) in [6.07, 6.45) is 12.8. The Kier molecular flexibility index (Phi) is 23.6. The highest BCUT2D eigenvalue weighted by atomic mass is 31.2. The highest BCUT2D eigenvalue weighted by molar-refractivity contribution is 7.82. The standard InChI is InChI=1S/C41H84N3O5PSi2/c1-16-23-28-50(29-24-17-2,30-25-18-3)37-32-47-41(43-37)35(12)26-27-42-40(45)39(49-52(21-6,22-7)34(10)11)38(36(31-46-15)44(13)14)48-51(19-4,20-5)33(8)9/h32-36,38-39H,16-31H2,1-15H3/p+1/t35-,36-,38-,39-/m1/s1. The van der Waals surface area contributed by atoms with Gasteiger partial charge in [0.2, 0.25) is 11.3 Å². The number of rotatable bonds is 30. The highest BCUT2D eigenvalue weighted by Crippen LogP contribution is 2.59. The summed E-state index contributed by atoms with van der Waals surface area (Å²) in [7, 11) is -0.0505. The minimum absolute atomic E-state index is 0.0739. The van der Waals surface area contributed by atoms with Gasteiger partial charge in [0, 0.05) is 19.6 Å². The maximum Gasteiger partial charge on any atom is 0.250 e. The van der Waals surface area contributed by atoms with Crippen LogP contribution >= 0.6 is 7.26 Å². The van der Waals surface area contributed by atoms with E-state index in [2.05, 4.69) is 107 Å². The number of nitrogens with zero attached hydrogens (tertiary/aromatic N) is 2. The van der Waals surface area contributed by atoms with Crippen LogP contribution in [0, 0.1) is 0 Å². The molecule has 0 aliphatic heterocycles. The molecule has 0 aliphatic rings. The van der Waals surface area contributed by atoms with Crippen LogP contribution in [0.3, 0.4) is 0 Å². The van der Waals surface area contributed by atoms with Crippen LogP contribution in [0.4, 0.5) is 0 Å². The molecule has 8 nitrogen and oxygen atoms in total.